The van der Waals surface area contributed by atoms with Gasteiger partial charge in [0.2, 0.25) is 0 Å². The van der Waals surface area contributed by atoms with Crippen molar-refractivity contribution in [2.45, 2.75) is 38.3 Å². The number of nitrogens with two attached hydrogens (primary N) is 1. The van der Waals surface area contributed by atoms with Gasteiger partial charge in [-0.3, -0.25) is 0 Å². The van der Waals surface area contributed by atoms with Crippen LogP contribution in [-0.4, -0.2) is 10.1 Å². The highest BCUT2D eigenvalue weighted by Crippen LogP contribution is 2.36. The van der Waals surface area contributed by atoms with Crippen LogP contribution in [-0.2, 0) is 12.1 Å². The third-order valence-electron chi connectivity index (χ3n) is 3.65. The summed E-state index contributed by atoms with van der Waals surface area (Å²) in [5, 5.41) is 4.63. The first-order valence-electron chi connectivity index (χ1n) is 6.58. The molecule has 1 aliphatic carbocycles. The molecule has 5 nitrogen and oxygen atoms in total. The molecule has 2 aromatic rings. The maximum absolute atomic E-state index is 6.15. The molecule has 0 saturated heterocycles. The predicted molar refractivity (Wildman–Crippen MR) is 74.5 cm³/mol. The second-order valence-corrected chi connectivity index (χ2v) is 5.66. The monoisotopic (exact) mass is 293 g/mol. The van der Waals surface area contributed by atoms with E-state index in [-0.39, 0.29) is 6.61 Å². The summed E-state index contributed by atoms with van der Waals surface area (Å²) >= 11 is 5.90. The molecule has 1 aliphatic rings. The van der Waals surface area contributed by atoms with E-state index in [0.29, 0.717) is 16.7 Å². The average Bonchev–Trinajstić information content (AvgIpc) is 2.84. The molecule has 1 heterocycles. The summed E-state index contributed by atoms with van der Waals surface area (Å²) in [5.41, 5.74) is 6.70. The lowest BCUT2D eigenvalue weighted by atomic mass is 9.77. The first kappa shape index (κ1) is 13.4. The van der Waals surface area contributed by atoms with Gasteiger partial charge in [-0.05, 0) is 49.9 Å². The van der Waals surface area contributed by atoms with Gasteiger partial charge in [0.1, 0.15) is 5.75 Å². The second kappa shape index (κ2) is 5.07. The normalized spacial score (nSPS) is 16.8. The van der Waals surface area contributed by atoms with Crippen LogP contribution in [0.2, 0.25) is 5.02 Å². The number of halogens is 1. The molecule has 0 unspecified atom stereocenters. The van der Waals surface area contributed by atoms with Gasteiger partial charge in [0.05, 0.1) is 5.54 Å². The van der Waals surface area contributed by atoms with Crippen LogP contribution in [0.1, 0.15) is 36.5 Å². The van der Waals surface area contributed by atoms with Crippen molar-refractivity contribution >= 4 is 11.6 Å². The Morgan fingerprint density at radius 3 is 2.90 bits per heavy atom. The van der Waals surface area contributed by atoms with E-state index in [0.717, 1.165) is 30.6 Å². The standard InChI is InChI=1S/C14H16ClN3O2/c1-9-7-10(15)3-4-11(9)19-8-12-17-13(18-20-12)14(16)5-2-6-14/h3-4,7H,2,5-6,8,16H2,1H3. The summed E-state index contributed by atoms with van der Waals surface area (Å²) in [6.45, 7) is 2.16. The molecule has 6 heteroatoms. The summed E-state index contributed by atoms with van der Waals surface area (Å²) in [6.07, 6.45) is 2.92. The molecule has 1 aromatic carbocycles. The Hall–Kier alpha value is -1.59. The molecule has 3 rings (SSSR count). The first-order valence-corrected chi connectivity index (χ1v) is 6.95. The zero-order valence-corrected chi connectivity index (χ0v) is 12.0. The van der Waals surface area contributed by atoms with Crippen LogP contribution < -0.4 is 10.5 Å². The van der Waals surface area contributed by atoms with Crippen LogP contribution in [0.15, 0.2) is 22.7 Å². The molecule has 0 atom stereocenters. The van der Waals surface area contributed by atoms with Crippen LogP contribution in [0.5, 0.6) is 5.75 Å². The molecular formula is C14H16ClN3O2. The zero-order chi connectivity index (χ0) is 14.2. The molecule has 106 valence electrons. The van der Waals surface area contributed by atoms with Gasteiger partial charge in [0, 0.05) is 5.02 Å². The third kappa shape index (κ3) is 2.51. The number of benzene rings is 1. The highest BCUT2D eigenvalue weighted by Gasteiger charge is 2.38. The van der Waals surface area contributed by atoms with Gasteiger partial charge >= 0.3 is 0 Å². The van der Waals surface area contributed by atoms with Gasteiger partial charge < -0.3 is 15.0 Å². The Morgan fingerprint density at radius 1 is 1.45 bits per heavy atom. The van der Waals surface area contributed by atoms with Crippen LogP contribution in [0.3, 0.4) is 0 Å². The number of nitrogens with zero attached hydrogens (tertiary/aromatic N) is 2. The third-order valence-corrected chi connectivity index (χ3v) is 3.88. The maximum atomic E-state index is 6.15. The SMILES string of the molecule is Cc1cc(Cl)ccc1OCc1nc(C2(N)CCC2)no1. The average molecular weight is 294 g/mol. The van der Waals surface area contributed by atoms with Crippen LogP contribution in [0, 0.1) is 6.92 Å². The molecule has 1 saturated carbocycles. The molecular weight excluding hydrogens is 278 g/mol. The molecule has 0 aliphatic heterocycles. The predicted octanol–water partition coefficient (Wildman–Crippen LogP) is 2.95. The van der Waals surface area contributed by atoms with Crippen LogP contribution >= 0.6 is 11.6 Å². The van der Waals surface area contributed by atoms with Crippen molar-refractivity contribution in [2.24, 2.45) is 5.73 Å². The fourth-order valence-electron chi connectivity index (χ4n) is 2.21. The second-order valence-electron chi connectivity index (χ2n) is 5.22. The quantitative estimate of drug-likeness (QED) is 0.938. The highest BCUT2D eigenvalue weighted by atomic mass is 35.5. The molecule has 1 fully saturated rings. The summed E-state index contributed by atoms with van der Waals surface area (Å²) < 4.78 is 10.8. The lowest BCUT2D eigenvalue weighted by Crippen LogP contribution is -2.44. The Bertz CT molecular complexity index is 623. The molecule has 0 amide bonds. The summed E-state index contributed by atoms with van der Waals surface area (Å²) in [5.74, 6) is 1.77. The van der Waals surface area contributed by atoms with Crippen molar-refractivity contribution < 1.29 is 9.26 Å². The van der Waals surface area contributed by atoms with E-state index in [1.54, 1.807) is 6.07 Å². The topological polar surface area (TPSA) is 74.2 Å². The fraction of sp³-hybridized carbons (Fsp3) is 0.429. The lowest BCUT2D eigenvalue weighted by molar-refractivity contribution is 0.222. The van der Waals surface area contributed by atoms with Crippen LogP contribution in [0.4, 0.5) is 0 Å². The van der Waals surface area contributed by atoms with Gasteiger partial charge in [0.15, 0.2) is 12.4 Å². The number of hydrogen-bond acceptors (Lipinski definition) is 5. The molecule has 0 spiro atoms. The van der Waals surface area contributed by atoms with Crippen LogP contribution in [0.25, 0.3) is 0 Å². The summed E-state index contributed by atoms with van der Waals surface area (Å²) in [4.78, 5) is 4.31. The van der Waals surface area contributed by atoms with Crippen molar-refractivity contribution in [1.29, 1.82) is 0 Å². The van der Waals surface area contributed by atoms with Gasteiger partial charge in [-0.15, -0.1) is 0 Å². The molecule has 2 N–H and O–H groups in total. The Labute approximate surface area is 122 Å². The van der Waals surface area contributed by atoms with Gasteiger partial charge in [0.25, 0.3) is 5.89 Å². The number of ether oxygens (including phenoxy) is 1. The van der Waals surface area contributed by atoms with Gasteiger partial charge in [-0.25, -0.2) is 0 Å². The maximum Gasteiger partial charge on any atom is 0.264 e. The lowest BCUT2D eigenvalue weighted by Gasteiger charge is -2.34. The summed E-state index contributed by atoms with van der Waals surface area (Å²) in [6, 6.07) is 5.46. The van der Waals surface area contributed by atoms with E-state index >= 15 is 0 Å². The zero-order valence-electron chi connectivity index (χ0n) is 11.2. The smallest absolute Gasteiger partial charge is 0.264 e. The van der Waals surface area contributed by atoms with E-state index in [2.05, 4.69) is 10.1 Å². The van der Waals surface area contributed by atoms with Gasteiger partial charge in [-0.2, -0.15) is 4.98 Å². The van der Waals surface area contributed by atoms with E-state index in [4.69, 9.17) is 26.6 Å². The number of hydrogen-bond donors (Lipinski definition) is 1. The Kier molecular flexibility index (Phi) is 3.40. The minimum absolute atomic E-state index is 0.228. The van der Waals surface area contributed by atoms with E-state index in [1.165, 1.54) is 0 Å². The first-order chi connectivity index (χ1) is 9.57. The molecule has 1 aromatic heterocycles. The number of rotatable bonds is 4. The Balaban J connectivity index is 1.66. The largest absolute Gasteiger partial charge is 0.483 e. The Morgan fingerprint density at radius 2 is 2.25 bits per heavy atom. The minimum Gasteiger partial charge on any atom is -0.483 e. The fourth-order valence-corrected chi connectivity index (χ4v) is 2.44. The molecule has 0 bridgehead atoms. The molecule has 20 heavy (non-hydrogen) atoms. The van der Waals surface area contributed by atoms with Crippen molar-refractivity contribution in [3.05, 3.63) is 40.5 Å². The van der Waals surface area contributed by atoms with Crippen molar-refractivity contribution in [2.75, 3.05) is 0 Å². The van der Waals surface area contributed by atoms with Crippen molar-refractivity contribution in [3.8, 4) is 5.75 Å². The van der Waals surface area contributed by atoms with Crippen molar-refractivity contribution in [3.63, 3.8) is 0 Å². The number of aromatic nitrogens is 2. The van der Waals surface area contributed by atoms with E-state index in [1.807, 2.05) is 19.1 Å². The molecule has 0 radical (unpaired) electrons. The number of aryl methyl sites for hydroxylation is 1. The van der Waals surface area contributed by atoms with E-state index < -0.39 is 5.54 Å². The minimum atomic E-state index is -0.405. The van der Waals surface area contributed by atoms with Crippen molar-refractivity contribution in [1.82, 2.24) is 10.1 Å². The summed E-state index contributed by atoms with van der Waals surface area (Å²) in [7, 11) is 0. The highest BCUT2D eigenvalue weighted by molar-refractivity contribution is 6.30. The van der Waals surface area contributed by atoms with E-state index in [9.17, 15) is 0 Å². The van der Waals surface area contributed by atoms with Gasteiger partial charge in [-0.1, -0.05) is 16.8 Å².